The molecule has 0 aliphatic heterocycles. The third-order valence-electron chi connectivity index (χ3n) is 2.08. The van der Waals surface area contributed by atoms with Crippen molar-refractivity contribution in [2.75, 3.05) is 13.7 Å². The molecule has 0 atom stereocenters. The number of sulfonamides is 1. The number of hydrogen-bond donors (Lipinski definition) is 2. The zero-order valence-electron chi connectivity index (χ0n) is 9.54. The number of carbonyl (C=O) groups excluding carboxylic acids is 1. The number of nitrogens with two attached hydrogens (primary N) is 1. The van der Waals surface area contributed by atoms with Crippen LogP contribution < -0.4 is 10.5 Å². The normalized spacial score (nSPS) is 10.9. The average molecular weight is 288 g/mol. The van der Waals surface area contributed by atoms with E-state index in [4.69, 9.17) is 18.0 Å². The van der Waals surface area contributed by atoms with Gasteiger partial charge in [0.05, 0.1) is 12.0 Å². The van der Waals surface area contributed by atoms with Crippen LogP contribution in [0, 0.1) is 0 Å². The van der Waals surface area contributed by atoms with Crippen molar-refractivity contribution in [1.29, 1.82) is 0 Å². The molecule has 0 amide bonds. The molecule has 0 spiro atoms. The van der Waals surface area contributed by atoms with E-state index in [1.165, 1.54) is 31.4 Å². The minimum atomic E-state index is -3.74. The highest BCUT2D eigenvalue weighted by Gasteiger charge is 2.15. The van der Waals surface area contributed by atoms with Crippen LogP contribution in [-0.2, 0) is 19.6 Å². The standard InChI is InChI=1S/C10H12N2O4S2/c1-16-9(13)6-12-18(14,15)8-4-2-7(3-5-8)10(11)17/h2-5,12H,6H2,1H3,(H2,11,17). The van der Waals surface area contributed by atoms with E-state index in [1.807, 2.05) is 0 Å². The zero-order chi connectivity index (χ0) is 13.8. The van der Waals surface area contributed by atoms with Crippen molar-refractivity contribution in [2.24, 2.45) is 5.73 Å². The van der Waals surface area contributed by atoms with Gasteiger partial charge in [0.25, 0.3) is 0 Å². The van der Waals surface area contributed by atoms with Gasteiger partial charge in [0, 0.05) is 5.56 Å². The van der Waals surface area contributed by atoms with Gasteiger partial charge >= 0.3 is 5.97 Å². The third kappa shape index (κ3) is 3.76. The summed E-state index contributed by atoms with van der Waals surface area (Å²) in [6, 6.07) is 5.70. The summed E-state index contributed by atoms with van der Waals surface area (Å²) in [6.45, 7) is -0.421. The molecule has 0 aliphatic rings. The molecule has 0 saturated heterocycles. The minimum absolute atomic E-state index is 0.0198. The predicted molar refractivity (Wildman–Crippen MR) is 69.5 cm³/mol. The highest BCUT2D eigenvalue weighted by atomic mass is 32.2. The Kier molecular flexibility index (Phi) is 4.76. The maximum Gasteiger partial charge on any atom is 0.320 e. The number of carbonyl (C=O) groups is 1. The lowest BCUT2D eigenvalue weighted by atomic mass is 10.2. The predicted octanol–water partition coefficient (Wildman–Crippen LogP) is -0.228. The fourth-order valence-corrected chi connectivity index (χ4v) is 2.21. The van der Waals surface area contributed by atoms with Gasteiger partial charge in [-0.25, -0.2) is 8.42 Å². The fourth-order valence-electron chi connectivity index (χ4n) is 1.11. The average Bonchev–Trinajstić information content (AvgIpc) is 2.36. The molecule has 0 fully saturated rings. The van der Waals surface area contributed by atoms with Crippen LogP contribution in [0.4, 0.5) is 0 Å². The minimum Gasteiger partial charge on any atom is -0.468 e. The maximum absolute atomic E-state index is 11.8. The topological polar surface area (TPSA) is 98.5 Å². The molecule has 0 heterocycles. The van der Waals surface area contributed by atoms with Crippen molar-refractivity contribution >= 4 is 33.2 Å². The molecule has 0 aromatic heterocycles. The fraction of sp³-hybridized carbons (Fsp3) is 0.200. The van der Waals surface area contributed by atoms with Crippen molar-refractivity contribution < 1.29 is 17.9 Å². The molecule has 0 radical (unpaired) electrons. The first-order valence-electron chi connectivity index (χ1n) is 4.83. The number of methoxy groups -OCH3 is 1. The highest BCUT2D eigenvalue weighted by Crippen LogP contribution is 2.10. The first-order chi connectivity index (χ1) is 8.36. The summed E-state index contributed by atoms with van der Waals surface area (Å²) in [7, 11) is -2.57. The van der Waals surface area contributed by atoms with Crippen LogP contribution >= 0.6 is 12.2 Å². The Morgan fingerprint density at radius 1 is 1.39 bits per heavy atom. The molecule has 0 bridgehead atoms. The summed E-state index contributed by atoms with van der Waals surface area (Å²) in [5, 5.41) is 0. The lowest BCUT2D eigenvalue weighted by molar-refractivity contribution is -0.139. The maximum atomic E-state index is 11.8. The van der Waals surface area contributed by atoms with Crippen LogP contribution in [0.5, 0.6) is 0 Å². The van der Waals surface area contributed by atoms with Gasteiger partial charge in [0.1, 0.15) is 11.5 Å². The molecule has 3 N–H and O–H groups in total. The molecule has 1 aromatic rings. The van der Waals surface area contributed by atoms with Crippen LogP contribution in [0.15, 0.2) is 29.2 Å². The second kappa shape index (κ2) is 5.89. The van der Waals surface area contributed by atoms with E-state index in [0.29, 0.717) is 5.56 Å². The number of rotatable bonds is 5. The van der Waals surface area contributed by atoms with Gasteiger partial charge in [-0.15, -0.1) is 0 Å². The Balaban J connectivity index is 2.85. The highest BCUT2D eigenvalue weighted by molar-refractivity contribution is 7.89. The lowest BCUT2D eigenvalue weighted by Crippen LogP contribution is -2.30. The number of nitrogens with one attached hydrogen (secondary N) is 1. The second-order valence-corrected chi connectivity index (χ2v) is 5.50. The largest absolute Gasteiger partial charge is 0.468 e. The Labute approximate surface area is 110 Å². The van der Waals surface area contributed by atoms with Crippen LogP contribution in [0.2, 0.25) is 0 Å². The van der Waals surface area contributed by atoms with Crippen LogP contribution in [0.1, 0.15) is 5.56 Å². The summed E-state index contributed by atoms with van der Waals surface area (Å²) >= 11 is 4.75. The number of thiocarbonyl (C=S) groups is 1. The number of esters is 1. The first-order valence-corrected chi connectivity index (χ1v) is 6.72. The Hall–Kier alpha value is -1.51. The quantitative estimate of drug-likeness (QED) is 0.574. The SMILES string of the molecule is COC(=O)CNS(=O)(=O)c1ccc(C(N)=S)cc1. The van der Waals surface area contributed by atoms with E-state index < -0.39 is 22.5 Å². The molecule has 98 valence electrons. The molecule has 6 nitrogen and oxygen atoms in total. The number of benzene rings is 1. The van der Waals surface area contributed by atoms with Crippen molar-refractivity contribution in [3.63, 3.8) is 0 Å². The Bertz CT molecular complexity index is 552. The molecule has 1 rings (SSSR count). The summed E-state index contributed by atoms with van der Waals surface area (Å²) in [6.07, 6.45) is 0. The van der Waals surface area contributed by atoms with E-state index >= 15 is 0 Å². The molecule has 8 heteroatoms. The van der Waals surface area contributed by atoms with Crippen molar-refractivity contribution in [3.05, 3.63) is 29.8 Å². The van der Waals surface area contributed by atoms with E-state index in [2.05, 4.69) is 9.46 Å². The van der Waals surface area contributed by atoms with Gasteiger partial charge < -0.3 is 10.5 Å². The smallest absolute Gasteiger partial charge is 0.320 e. The zero-order valence-corrected chi connectivity index (χ0v) is 11.2. The third-order valence-corrected chi connectivity index (χ3v) is 3.74. The molecule has 0 unspecified atom stereocenters. The van der Waals surface area contributed by atoms with E-state index in [9.17, 15) is 13.2 Å². The van der Waals surface area contributed by atoms with Crippen molar-refractivity contribution in [1.82, 2.24) is 4.72 Å². The summed E-state index contributed by atoms with van der Waals surface area (Å²) in [4.78, 5) is 11.1. The summed E-state index contributed by atoms with van der Waals surface area (Å²) < 4.78 is 29.9. The first kappa shape index (κ1) is 14.6. The molecule has 18 heavy (non-hydrogen) atoms. The van der Waals surface area contributed by atoms with Gasteiger partial charge in [0.2, 0.25) is 10.0 Å². The molecule has 0 saturated carbocycles. The monoisotopic (exact) mass is 288 g/mol. The van der Waals surface area contributed by atoms with Gasteiger partial charge in [0.15, 0.2) is 0 Å². The Morgan fingerprint density at radius 3 is 2.39 bits per heavy atom. The van der Waals surface area contributed by atoms with Gasteiger partial charge in [-0.1, -0.05) is 24.4 Å². The lowest BCUT2D eigenvalue weighted by Gasteiger charge is -2.06. The van der Waals surface area contributed by atoms with Gasteiger partial charge in [-0.05, 0) is 12.1 Å². The van der Waals surface area contributed by atoms with Crippen LogP contribution in [-0.4, -0.2) is 33.0 Å². The summed E-state index contributed by atoms with van der Waals surface area (Å²) in [5.41, 5.74) is 5.96. The van der Waals surface area contributed by atoms with E-state index in [1.54, 1.807) is 0 Å². The summed E-state index contributed by atoms with van der Waals surface area (Å²) in [5.74, 6) is -0.668. The second-order valence-electron chi connectivity index (χ2n) is 3.29. The van der Waals surface area contributed by atoms with E-state index in [0.717, 1.165) is 0 Å². The van der Waals surface area contributed by atoms with Crippen LogP contribution in [0.25, 0.3) is 0 Å². The van der Waals surface area contributed by atoms with Crippen molar-refractivity contribution in [2.45, 2.75) is 4.90 Å². The Morgan fingerprint density at radius 2 is 1.94 bits per heavy atom. The number of ether oxygens (including phenoxy) is 1. The van der Waals surface area contributed by atoms with Gasteiger partial charge in [-0.3, -0.25) is 4.79 Å². The number of hydrogen-bond acceptors (Lipinski definition) is 5. The van der Waals surface area contributed by atoms with E-state index in [-0.39, 0.29) is 9.88 Å². The van der Waals surface area contributed by atoms with Gasteiger partial charge in [-0.2, -0.15) is 4.72 Å². The molecule has 0 aliphatic carbocycles. The molecule has 1 aromatic carbocycles. The van der Waals surface area contributed by atoms with Crippen molar-refractivity contribution in [3.8, 4) is 0 Å². The van der Waals surface area contributed by atoms with Crippen LogP contribution in [0.3, 0.4) is 0 Å². The molecular weight excluding hydrogens is 276 g/mol. The molecular formula is C10H12N2O4S2.